The molecular formula is C12H15NO4. The number of phenolic OH excluding ortho intramolecular Hbond substituents is 1. The van der Waals surface area contributed by atoms with Crippen LogP contribution in [0.3, 0.4) is 0 Å². The van der Waals surface area contributed by atoms with Gasteiger partial charge in [0.1, 0.15) is 5.75 Å². The van der Waals surface area contributed by atoms with E-state index in [0.717, 1.165) is 18.4 Å². The van der Waals surface area contributed by atoms with Gasteiger partial charge in [0.2, 0.25) is 0 Å². The first-order valence-electron chi connectivity index (χ1n) is 4.87. The van der Waals surface area contributed by atoms with E-state index in [1.165, 1.54) is 5.56 Å². The first-order chi connectivity index (χ1) is 8.01. The Bertz CT molecular complexity index is 397. The molecule has 0 aliphatic heterocycles. The van der Waals surface area contributed by atoms with Gasteiger partial charge in [-0.15, -0.1) is 23.3 Å². The molecule has 0 aliphatic rings. The number of nitrogens with zero attached hydrogens (tertiary/aromatic N) is 1. The third-order valence-corrected chi connectivity index (χ3v) is 1.92. The van der Waals surface area contributed by atoms with Crippen LogP contribution in [-0.4, -0.2) is 15.4 Å². The monoisotopic (exact) mass is 237 g/mol. The fourth-order valence-corrected chi connectivity index (χ4v) is 1.31. The highest BCUT2D eigenvalue weighted by atomic mass is 16.9. The van der Waals surface area contributed by atoms with Crippen LogP contribution in [0.2, 0.25) is 0 Å². The smallest absolute Gasteiger partial charge is 0.291 e. The number of hydrogen-bond donors (Lipinski definition) is 2. The number of allylic oxidation sites excluding steroid dienone is 2. The molecule has 0 aromatic heterocycles. The topological polar surface area (TPSA) is 83.6 Å². The number of benzene rings is 1. The zero-order valence-electron chi connectivity index (χ0n) is 9.37. The van der Waals surface area contributed by atoms with Crippen molar-refractivity contribution >= 4 is 0 Å². The van der Waals surface area contributed by atoms with E-state index in [4.69, 9.17) is 15.3 Å². The number of aromatic hydroxyl groups is 1. The van der Waals surface area contributed by atoms with Crippen molar-refractivity contribution in [2.75, 3.05) is 0 Å². The van der Waals surface area contributed by atoms with Crippen LogP contribution in [0.1, 0.15) is 11.1 Å². The van der Waals surface area contributed by atoms with Crippen molar-refractivity contribution < 1.29 is 15.4 Å². The van der Waals surface area contributed by atoms with Gasteiger partial charge in [-0.05, 0) is 36.1 Å². The van der Waals surface area contributed by atoms with Crippen LogP contribution in [0.5, 0.6) is 5.75 Å². The van der Waals surface area contributed by atoms with Crippen molar-refractivity contribution in [3.63, 3.8) is 0 Å². The maximum absolute atomic E-state index is 9.27. The van der Waals surface area contributed by atoms with Crippen molar-refractivity contribution in [2.45, 2.75) is 12.8 Å². The third kappa shape index (κ3) is 6.72. The summed E-state index contributed by atoms with van der Waals surface area (Å²) in [6.45, 7) is 7.37. The lowest BCUT2D eigenvalue weighted by Gasteiger charge is -2.05. The maximum Gasteiger partial charge on any atom is 0.291 e. The Kier molecular flexibility index (Phi) is 6.85. The molecule has 5 nitrogen and oxygen atoms in total. The molecule has 0 atom stereocenters. The highest BCUT2D eigenvalue weighted by Gasteiger charge is 2.00. The van der Waals surface area contributed by atoms with Crippen LogP contribution < -0.4 is 0 Å². The Hall–Kier alpha value is -2.30. The second-order valence-electron chi connectivity index (χ2n) is 3.18. The second-order valence-corrected chi connectivity index (χ2v) is 3.18. The third-order valence-electron chi connectivity index (χ3n) is 1.92. The van der Waals surface area contributed by atoms with Gasteiger partial charge in [-0.1, -0.05) is 18.2 Å². The predicted octanol–water partition coefficient (Wildman–Crippen LogP) is 2.50. The van der Waals surface area contributed by atoms with Crippen LogP contribution in [0, 0.1) is 10.1 Å². The van der Waals surface area contributed by atoms with Gasteiger partial charge in [0, 0.05) is 0 Å². The highest BCUT2D eigenvalue weighted by molar-refractivity contribution is 5.36. The molecule has 17 heavy (non-hydrogen) atoms. The molecule has 0 fully saturated rings. The molecule has 0 unspecified atom stereocenters. The van der Waals surface area contributed by atoms with Gasteiger partial charge in [0.05, 0.1) is 0 Å². The molecule has 92 valence electrons. The van der Waals surface area contributed by atoms with E-state index >= 15 is 0 Å². The summed E-state index contributed by atoms with van der Waals surface area (Å²) in [5, 5.41) is 22.9. The highest BCUT2D eigenvalue weighted by Crippen LogP contribution is 2.18. The molecule has 0 radical (unpaired) electrons. The molecule has 1 rings (SSSR count). The fourth-order valence-electron chi connectivity index (χ4n) is 1.31. The van der Waals surface area contributed by atoms with E-state index in [2.05, 4.69) is 13.2 Å². The molecule has 0 heterocycles. The largest absolute Gasteiger partial charge is 0.508 e. The molecule has 0 aliphatic carbocycles. The quantitative estimate of drug-likeness (QED) is 0.478. The van der Waals surface area contributed by atoms with E-state index < -0.39 is 5.09 Å². The molecule has 0 amide bonds. The minimum atomic E-state index is -1.50. The lowest BCUT2D eigenvalue weighted by molar-refractivity contribution is -0.742. The van der Waals surface area contributed by atoms with E-state index in [9.17, 15) is 5.11 Å². The summed E-state index contributed by atoms with van der Waals surface area (Å²) in [7, 11) is 0. The van der Waals surface area contributed by atoms with Gasteiger partial charge in [-0.25, -0.2) is 0 Å². The Labute approximate surface area is 99.4 Å². The second kappa shape index (κ2) is 7.92. The molecule has 1 aromatic carbocycles. The van der Waals surface area contributed by atoms with Gasteiger partial charge in [-0.2, -0.15) is 0 Å². The zero-order chi connectivity index (χ0) is 13.3. The van der Waals surface area contributed by atoms with E-state index in [-0.39, 0.29) is 0 Å². The van der Waals surface area contributed by atoms with Gasteiger partial charge < -0.3 is 10.3 Å². The number of hydrogen-bond acceptors (Lipinski definition) is 3. The fraction of sp³-hybridized carbons (Fsp3) is 0.167. The molecule has 0 bridgehead atoms. The van der Waals surface area contributed by atoms with Crippen molar-refractivity contribution in [3.05, 3.63) is 64.8 Å². The van der Waals surface area contributed by atoms with E-state index in [0.29, 0.717) is 5.75 Å². The summed E-state index contributed by atoms with van der Waals surface area (Å²) in [5.74, 6) is 0.310. The SMILES string of the molecule is C=CCc1ccc(O)cc1CC=C.O=[N+]([O-])O. The van der Waals surface area contributed by atoms with Crippen LogP contribution >= 0.6 is 0 Å². The minimum Gasteiger partial charge on any atom is -0.508 e. The molecule has 2 N–H and O–H groups in total. The van der Waals surface area contributed by atoms with Crippen LogP contribution in [-0.2, 0) is 12.8 Å². The number of rotatable bonds is 4. The van der Waals surface area contributed by atoms with Crippen LogP contribution in [0.15, 0.2) is 43.5 Å². The average Bonchev–Trinajstić information content (AvgIpc) is 2.22. The van der Waals surface area contributed by atoms with Crippen LogP contribution in [0.25, 0.3) is 0 Å². The summed E-state index contributed by atoms with van der Waals surface area (Å²) in [6.07, 6.45) is 5.32. The normalized spacial score (nSPS) is 8.71. The molecule has 0 spiro atoms. The van der Waals surface area contributed by atoms with E-state index in [1.54, 1.807) is 12.1 Å². The lowest BCUT2D eigenvalue weighted by Crippen LogP contribution is -1.90. The summed E-state index contributed by atoms with van der Waals surface area (Å²) in [6, 6.07) is 5.40. The Morgan fingerprint density at radius 1 is 1.24 bits per heavy atom. The Morgan fingerprint density at radius 3 is 2.18 bits per heavy atom. The van der Waals surface area contributed by atoms with Gasteiger partial charge in [0.25, 0.3) is 5.09 Å². The van der Waals surface area contributed by atoms with Crippen molar-refractivity contribution in [1.82, 2.24) is 0 Å². The predicted molar refractivity (Wildman–Crippen MR) is 64.7 cm³/mol. The van der Waals surface area contributed by atoms with E-state index in [1.807, 2.05) is 18.2 Å². The van der Waals surface area contributed by atoms with Gasteiger partial charge >= 0.3 is 0 Å². The Balaban J connectivity index is 0.000000557. The molecule has 0 saturated carbocycles. The standard InChI is InChI=1S/C12H14O.HNO3/c1-3-5-10-7-8-12(13)9-11(10)6-4-2;2-1(3)4/h3-4,7-9,13H,1-2,5-6H2;(H,2,3,4). The molecule has 1 aromatic rings. The summed E-state index contributed by atoms with van der Waals surface area (Å²) in [5.41, 5.74) is 2.32. The molecular weight excluding hydrogens is 222 g/mol. The molecule has 0 saturated heterocycles. The summed E-state index contributed by atoms with van der Waals surface area (Å²) in [4.78, 5) is 8.36. The summed E-state index contributed by atoms with van der Waals surface area (Å²) < 4.78 is 0. The van der Waals surface area contributed by atoms with Crippen molar-refractivity contribution in [1.29, 1.82) is 0 Å². The maximum atomic E-state index is 9.27. The number of phenols is 1. The first-order valence-corrected chi connectivity index (χ1v) is 4.87. The zero-order valence-corrected chi connectivity index (χ0v) is 9.37. The summed E-state index contributed by atoms with van der Waals surface area (Å²) >= 11 is 0. The lowest BCUT2D eigenvalue weighted by atomic mass is 10.0. The molecule has 5 heteroatoms. The minimum absolute atomic E-state index is 0.310. The Morgan fingerprint density at radius 2 is 1.71 bits per heavy atom. The van der Waals surface area contributed by atoms with Gasteiger partial charge in [0.15, 0.2) is 0 Å². The van der Waals surface area contributed by atoms with Gasteiger partial charge in [-0.3, -0.25) is 0 Å². The van der Waals surface area contributed by atoms with Crippen LogP contribution in [0.4, 0.5) is 0 Å². The average molecular weight is 237 g/mol. The van der Waals surface area contributed by atoms with Crippen molar-refractivity contribution in [2.24, 2.45) is 0 Å². The first kappa shape index (κ1) is 14.7. The van der Waals surface area contributed by atoms with Crippen molar-refractivity contribution in [3.8, 4) is 5.75 Å².